The number of aryl methyl sites for hydroxylation is 1. The lowest BCUT2D eigenvalue weighted by Gasteiger charge is -2.36. The van der Waals surface area contributed by atoms with Crippen LogP contribution in [0.5, 0.6) is 0 Å². The fourth-order valence-corrected chi connectivity index (χ4v) is 4.52. The van der Waals surface area contributed by atoms with Crippen molar-refractivity contribution >= 4 is 23.0 Å². The lowest BCUT2D eigenvalue weighted by molar-refractivity contribution is -0.142. The zero-order valence-corrected chi connectivity index (χ0v) is 17.9. The minimum absolute atomic E-state index is 0.266. The second-order valence-corrected chi connectivity index (χ2v) is 8.74. The van der Waals surface area contributed by atoms with Crippen LogP contribution in [0.15, 0.2) is 36.4 Å². The monoisotopic (exact) mass is 440 g/mol. The number of anilines is 1. The lowest BCUT2D eigenvalue weighted by Crippen LogP contribution is -2.46. The molecule has 1 aliphatic heterocycles. The van der Waals surface area contributed by atoms with Gasteiger partial charge in [-0.3, -0.25) is 9.69 Å². The number of rotatable bonds is 8. The normalized spacial score (nSPS) is 15.4. The number of hydrogen-bond donors (Lipinski definition) is 0. The first-order chi connectivity index (χ1) is 14.3. The summed E-state index contributed by atoms with van der Waals surface area (Å²) in [5.74, 6) is -0.266. The molecule has 3 rings (SSSR count). The predicted octanol–water partition coefficient (Wildman–Crippen LogP) is 4.97. The van der Waals surface area contributed by atoms with E-state index >= 15 is 0 Å². The number of unbranched alkanes of at least 4 members (excludes halogenated alkanes) is 1. The first-order valence-corrected chi connectivity index (χ1v) is 11.0. The minimum Gasteiger partial charge on any atom is -0.460 e. The van der Waals surface area contributed by atoms with Crippen LogP contribution in [0.2, 0.25) is 0 Å². The van der Waals surface area contributed by atoms with Gasteiger partial charge < -0.3 is 9.64 Å². The molecule has 1 aliphatic rings. The van der Waals surface area contributed by atoms with Crippen LogP contribution in [0.4, 0.5) is 18.9 Å². The number of nitrogens with zero attached hydrogens (tertiary/aromatic N) is 2. The van der Waals surface area contributed by atoms with E-state index < -0.39 is 11.7 Å². The summed E-state index contributed by atoms with van der Waals surface area (Å²) in [5, 5.41) is 0. The van der Waals surface area contributed by atoms with E-state index in [9.17, 15) is 18.0 Å². The molecular weight excluding hydrogens is 413 g/mol. The van der Waals surface area contributed by atoms with Gasteiger partial charge in [-0.1, -0.05) is 6.07 Å². The highest BCUT2D eigenvalue weighted by molar-refractivity contribution is 7.11. The molecule has 2 heterocycles. The quantitative estimate of drug-likeness (QED) is 0.428. The van der Waals surface area contributed by atoms with Crippen molar-refractivity contribution in [1.29, 1.82) is 0 Å². The van der Waals surface area contributed by atoms with E-state index in [4.69, 9.17) is 4.74 Å². The fraction of sp³-hybridized carbons (Fsp3) is 0.500. The number of alkyl halides is 3. The summed E-state index contributed by atoms with van der Waals surface area (Å²) in [4.78, 5) is 17.6. The van der Waals surface area contributed by atoms with Crippen molar-refractivity contribution in [3.05, 3.63) is 51.7 Å². The van der Waals surface area contributed by atoms with Crippen LogP contribution in [0.3, 0.4) is 0 Å². The molecule has 0 radical (unpaired) electrons. The van der Waals surface area contributed by atoms with Crippen LogP contribution in [0.25, 0.3) is 0 Å². The summed E-state index contributed by atoms with van der Waals surface area (Å²) >= 11 is 1.68. The van der Waals surface area contributed by atoms with E-state index in [2.05, 4.69) is 11.0 Å². The van der Waals surface area contributed by atoms with Gasteiger partial charge in [-0.2, -0.15) is 13.2 Å². The Morgan fingerprint density at radius 3 is 2.50 bits per heavy atom. The van der Waals surface area contributed by atoms with E-state index in [0.717, 1.165) is 62.9 Å². The smallest absolute Gasteiger partial charge is 0.416 e. The first-order valence-electron chi connectivity index (χ1n) is 10.2. The Bertz CT molecular complexity index is 830. The minimum atomic E-state index is -4.30. The van der Waals surface area contributed by atoms with Crippen LogP contribution in [-0.2, 0) is 28.7 Å². The maximum absolute atomic E-state index is 12.9. The molecule has 4 nitrogen and oxygen atoms in total. The summed E-state index contributed by atoms with van der Waals surface area (Å²) in [6, 6.07) is 9.70. The Kier molecular flexibility index (Phi) is 7.77. The molecular formula is C22H27F3N2O2S. The summed E-state index contributed by atoms with van der Waals surface area (Å²) in [7, 11) is 0. The number of hydrogen-bond acceptors (Lipinski definition) is 5. The second-order valence-electron chi connectivity index (χ2n) is 7.48. The average molecular weight is 441 g/mol. The van der Waals surface area contributed by atoms with Crippen LogP contribution in [-0.4, -0.2) is 43.6 Å². The predicted molar refractivity (Wildman–Crippen MR) is 113 cm³/mol. The summed E-state index contributed by atoms with van der Waals surface area (Å²) in [6.07, 6.45) is -1.13. The molecule has 0 saturated carbocycles. The van der Waals surface area contributed by atoms with Gasteiger partial charge in [-0.15, -0.1) is 11.3 Å². The van der Waals surface area contributed by atoms with Gasteiger partial charge in [0.2, 0.25) is 0 Å². The molecule has 0 bridgehead atoms. The third-order valence-electron chi connectivity index (χ3n) is 5.19. The van der Waals surface area contributed by atoms with Gasteiger partial charge in [0.05, 0.1) is 5.56 Å². The lowest BCUT2D eigenvalue weighted by atomic mass is 10.1. The van der Waals surface area contributed by atoms with Crippen molar-refractivity contribution in [2.75, 3.05) is 37.6 Å². The molecule has 8 heteroatoms. The standard InChI is InChI=1S/C22H27F3N2O2S/c1-17(28)29-16-21-9-8-20(30-21)7-2-3-10-26-11-13-27(14-12-26)19-6-4-5-18(15-19)22(23,24)25/h4-6,8-9,15H,2-3,7,10-14,16H2,1H3. The van der Waals surface area contributed by atoms with Gasteiger partial charge in [0.25, 0.3) is 0 Å². The molecule has 0 aliphatic carbocycles. The number of esters is 1. The summed E-state index contributed by atoms with van der Waals surface area (Å²) < 4.78 is 43.8. The Balaban J connectivity index is 1.36. The summed E-state index contributed by atoms with van der Waals surface area (Å²) in [6.45, 7) is 5.97. The largest absolute Gasteiger partial charge is 0.460 e. The van der Waals surface area contributed by atoms with Gasteiger partial charge >= 0.3 is 12.1 Å². The van der Waals surface area contributed by atoms with Crippen LogP contribution >= 0.6 is 11.3 Å². The maximum atomic E-state index is 12.9. The molecule has 0 atom stereocenters. The molecule has 164 valence electrons. The van der Waals surface area contributed by atoms with Crippen LogP contribution in [0, 0.1) is 0 Å². The summed E-state index contributed by atoms with van der Waals surface area (Å²) in [5.41, 5.74) is 0.0544. The molecule has 0 amide bonds. The topological polar surface area (TPSA) is 32.8 Å². The van der Waals surface area contributed by atoms with E-state index in [1.54, 1.807) is 17.4 Å². The Morgan fingerprint density at radius 1 is 1.07 bits per heavy atom. The van der Waals surface area contributed by atoms with Crippen molar-refractivity contribution in [3.63, 3.8) is 0 Å². The maximum Gasteiger partial charge on any atom is 0.416 e. The SMILES string of the molecule is CC(=O)OCc1ccc(CCCCN2CCN(c3cccc(C(F)(F)F)c3)CC2)s1. The molecule has 1 saturated heterocycles. The first kappa shape index (κ1) is 22.6. The number of thiophene rings is 1. The number of carbonyl (C=O) groups excluding carboxylic acids is 1. The Labute approximate surface area is 179 Å². The second kappa shape index (κ2) is 10.3. The number of carbonyl (C=O) groups is 1. The highest BCUT2D eigenvalue weighted by Gasteiger charge is 2.31. The number of benzene rings is 1. The van der Waals surface area contributed by atoms with E-state index in [1.165, 1.54) is 23.9 Å². The third-order valence-corrected chi connectivity index (χ3v) is 6.31. The zero-order chi connectivity index (χ0) is 21.6. The number of halogens is 3. The van der Waals surface area contributed by atoms with E-state index in [-0.39, 0.29) is 5.97 Å². The number of piperazine rings is 1. The molecule has 0 spiro atoms. The fourth-order valence-electron chi connectivity index (χ4n) is 3.55. The van der Waals surface area contributed by atoms with Gasteiger partial charge in [0.15, 0.2) is 0 Å². The Morgan fingerprint density at radius 2 is 1.80 bits per heavy atom. The van der Waals surface area contributed by atoms with Gasteiger partial charge in [-0.05, 0) is 56.1 Å². The Hall–Kier alpha value is -2.06. The molecule has 30 heavy (non-hydrogen) atoms. The molecule has 2 aromatic rings. The molecule has 0 unspecified atom stereocenters. The van der Waals surface area contributed by atoms with Crippen molar-refractivity contribution in [2.24, 2.45) is 0 Å². The van der Waals surface area contributed by atoms with Crippen molar-refractivity contribution in [3.8, 4) is 0 Å². The van der Waals surface area contributed by atoms with Gasteiger partial charge in [-0.25, -0.2) is 0 Å². The zero-order valence-electron chi connectivity index (χ0n) is 17.1. The third kappa shape index (κ3) is 6.74. The highest BCUT2D eigenvalue weighted by atomic mass is 32.1. The van der Waals surface area contributed by atoms with E-state index in [0.29, 0.717) is 12.3 Å². The molecule has 1 aromatic carbocycles. The van der Waals surface area contributed by atoms with Crippen LogP contribution < -0.4 is 4.90 Å². The van der Waals surface area contributed by atoms with Crippen LogP contribution in [0.1, 0.15) is 35.1 Å². The van der Waals surface area contributed by atoms with E-state index in [1.807, 2.05) is 11.0 Å². The molecule has 1 aromatic heterocycles. The highest BCUT2D eigenvalue weighted by Crippen LogP contribution is 2.31. The van der Waals surface area contributed by atoms with Gasteiger partial charge in [0.1, 0.15) is 6.61 Å². The van der Waals surface area contributed by atoms with Gasteiger partial charge in [0, 0.05) is 48.5 Å². The van der Waals surface area contributed by atoms with Crippen molar-refractivity contribution in [2.45, 2.75) is 39.0 Å². The van der Waals surface area contributed by atoms with Crippen molar-refractivity contribution < 1.29 is 22.7 Å². The number of ether oxygens (including phenoxy) is 1. The molecule has 0 N–H and O–H groups in total. The van der Waals surface area contributed by atoms with Crippen molar-refractivity contribution in [1.82, 2.24) is 4.90 Å². The average Bonchev–Trinajstić information content (AvgIpc) is 3.17. The molecule has 1 fully saturated rings.